The molecule has 14 nitrogen and oxygen atoms in total. The van der Waals surface area contributed by atoms with Crippen molar-refractivity contribution in [1.29, 1.82) is 0 Å². The van der Waals surface area contributed by atoms with Crippen LogP contribution >= 0.6 is 12.6 Å². The van der Waals surface area contributed by atoms with Crippen molar-refractivity contribution in [3.05, 3.63) is 0 Å². The van der Waals surface area contributed by atoms with Gasteiger partial charge in [0.15, 0.2) is 0 Å². The Balaban J connectivity index is 5.41. The van der Waals surface area contributed by atoms with Crippen molar-refractivity contribution in [3.8, 4) is 0 Å². The molecule has 4 amide bonds. The molecule has 0 bridgehead atoms. The molecule has 15 heteroatoms. The maximum absolute atomic E-state index is 12.7. The molecule has 0 heterocycles. The number of carboxylic acids is 2. The van der Waals surface area contributed by atoms with Gasteiger partial charge in [-0.1, -0.05) is 6.42 Å². The van der Waals surface area contributed by atoms with Gasteiger partial charge in [0, 0.05) is 12.2 Å². The molecule has 0 aliphatic heterocycles. The maximum atomic E-state index is 12.7. The lowest BCUT2D eigenvalue weighted by atomic mass is 10.1. The van der Waals surface area contributed by atoms with E-state index < -0.39 is 72.6 Å². The van der Waals surface area contributed by atoms with E-state index in [1.165, 1.54) is 0 Å². The minimum absolute atomic E-state index is 0.261. The zero-order chi connectivity index (χ0) is 25.6. The maximum Gasteiger partial charge on any atom is 0.327 e. The number of primary amides is 1. The van der Waals surface area contributed by atoms with Crippen molar-refractivity contribution in [2.45, 2.75) is 62.7 Å². The molecule has 0 radical (unpaired) electrons. The molecule has 188 valence electrons. The van der Waals surface area contributed by atoms with Crippen LogP contribution in [-0.4, -0.2) is 82.2 Å². The highest BCUT2D eigenvalue weighted by atomic mass is 32.1. The van der Waals surface area contributed by atoms with Crippen LogP contribution in [0.3, 0.4) is 0 Å². The van der Waals surface area contributed by atoms with Crippen LogP contribution < -0.4 is 33.2 Å². The van der Waals surface area contributed by atoms with E-state index in [-0.39, 0.29) is 18.6 Å². The highest BCUT2D eigenvalue weighted by molar-refractivity contribution is 7.80. The van der Waals surface area contributed by atoms with Crippen LogP contribution in [0.25, 0.3) is 0 Å². The molecule has 0 fully saturated rings. The lowest BCUT2D eigenvalue weighted by molar-refractivity contribution is -0.142. The van der Waals surface area contributed by atoms with Gasteiger partial charge in [0.1, 0.15) is 18.1 Å². The highest BCUT2D eigenvalue weighted by Gasteiger charge is 2.31. The van der Waals surface area contributed by atoms with Crippen molar-refractivity contribution in [1.82, 2.24) is 16.0 Å². The summed E-state index contributed by atoms with van der Waals surface area (Å²) < 4.78 is 0. The van der Waals surface area contributed by atoms with E-state index in [9.17, 15) is 28.8 Å². The Morgan fingerprint density at radius 1 is 0.818 bits per heavy atom. The predicted molar refractivity (Wildman–Crippen MR) is 119 cm³/mol. The Morgan fingerprint density at radius 2 is 1.36 bits per heavy atom. The zero-order valence-corrected chi connectivity index (χ0v) is 18.9. The van der Waals surface area contributed by atoms with Gasteiger partial charge in [-0.3, -0.25) is 24.0 Å². The Bertz CT molecular complexity index is 722. The van der Waals surface area contributed by atoms with Gasteiger partial charge in [-0.2, -0.15) is 12.6 Å². The molecule has 33 heavy (non-hydrogen) atoms. The number of carboxylic acid groups (broad SMARTS) is 2. The van der Waals surface area contributed by atoms with Crippen LogP contribution in [-0.2, 0) is 28.8 Å². The summed E-state index contributed by atoms with van der Waals surface area (Å²) in [6.45, 7) is 0.413. The van der Waals surface area contributed by atoms with E-state index in [0.29, 0.717) is 19.4 Å². The molecular formula is C18H32N6O8S. The van der Waals surface area contributed by atoms with E-state index in [2.05, 4.69) is 28.6 Å². The Labute approximate surface area is 195 Å². The number of nitrogens with one attached hydrogen (secondary N) is 3. The Hall–Kier alpha value is -2.91. The minimum atomic E-state index is -1.49. The second-order valence-electron chi connectivity index (χ2n) is 7.20. The van der Waals surface area contributed by atoms with E-state index in [0.717, 1.165) is 0 Å². The number of hydrogen-bond acceptors (Lipinski definition) is 9. The first-order valence-electron chi connectivity index (χ1n) is 10.1. The molecule has 0 aliphatic rings. The summed E-state index contributed by atoms with van der Waals surface area (Å²) in [6.07, 6.45) is -0.0641. The third-order valence-corrected chi connectivity index (χ3v) is 4.79. The number of aliphatic carboxylic acids is 2. The molecule has 0 aliphatic carbocycles. The van der Waals surface area contributed by atoms with Gasteiger partial charge in [-0.05, 0) is 25.8 Å². The lowest BCUT2D eigenvalue weighted by Crippen LogP contribution is -2.58. The average Bonchev–Trinajstić information content (AvgIpc) is 2.73. The van der Waals surface area contributed by atoms with Gasteiger partial charge >= 0.3 is 11.9 Å². The smallest absolute Gasteiger partial charge is 0.327 e. The number of hydrogen-bond donors (Lipinski definition) is 9. The van der Waals surface area contributed by atoms with E-state index in [4.69, 9.17) is 27.4 Å². The molecule has 0 aromatic rings. The van der Waals surface area contributed by atoms with Gasteiger partial charge < -0.3 is 43.4 Å². The van der Waals surface area contributed by atoms with Crippen LogP contribution in [0.15, 0.2) is 0 Å². The van der Waals surface area contributed by atoms with Crippen molar-refractivity contribution in [2.24, 2.45) is 17.2 Å². The molecule has 4 unspecified atom stereocenters. The number of thiol groups is 1. The predicted octanol–water partition coefficient (Wildman–Crippen LogP) is -3.35. The van der Waals surface area contributed by atoms with Gasteiger partial charge in [0.05, 0.1) is 12.5 Å². The van der Waals surface area contributed by atoms with Gasteiger partial charge in [-0.25, -0.2) is 4.79 Å². The van der Waals surface area contributed by atoms with Crippen LogP contribution in [0.1, 0.15) is 38.5 Å². The van der Waals surface area contributed by atoms with E-state index >= 15 is 0 Å². The summed E-state index contributed by atoms with van der Waals surface area (Å²) in [5.74, 6) is -6.56. The van der Waals surface area contributed by atoms with Gasteiger partial charge in [0.25, 0.3) is 0 Å². The first kappa shape index (κ1) is 30.1. The largest absolute Gasteiger partial charge is 0.481 e. The summed E-state index contributed by atoms with van der Waals surface area (Å²) in [6, 6.07) is -5.34. The Morgan fingerprint density at radius 3 is 1.85 bits per heavy atom. The summed E-state index contributed by atoms with van der Waals surface area (Å²) in [4.78, 5) is 70.9. The molecular weight excluding hydrogens is 460 g/mol. The molecule has 0 aromatic heterocycles. The molecule has 0 spiro atoms. The second kappa shape index (κ2) is 15.8. The second-order valence-corrected chi connectivity index (χ2v) is 7.56. The zero-order valence-electron chi connectivity index (χ0n) is 18.0. The monoisotopic (exact) mass is 492 g/mol. The third-order valence-electron chi connectivity index (χ3n) is 4.42. The topological polar surface area (TPSA) is 257 Å². The van der Waals surface area contributed by atoms with Crippen molar-refractivity contribution in [2.75, 3.05) is 12.3 Å². The lowest BCUT2D eigenvalue weighted by Gasteiger charge is -2.24. The van der Waals surface area contributed by atoms with Crippen molar-refractivity contribution in [3.63, 3.8) is 0 Å². The quantitative estimate of drug-likeness (QED) is 0.0719. The first-order valence-corrected chi connectivity index (χ1v) is 10.8. The van der Waals surface area contributed by atoms with Crippen molar-refractivity contribution >= 4 is 48.2 Å². The molecule has 0 aromatic carbocycles. The fourth-order valence-corrected chi connectivity index (χ4v) is 2.84. The van der Waals surface area contributed by atoms with Gasteiger partial charge in [0.2, 0.25) is 23.6 Å². The average molecular weight is 493 g/mol. The fraction of sp³-hybridized carbons (Fsp3) is 0.667. The standard InChI is InChI=1S/C18H32N6O8S/c19-6-2-1-3-9(20)15(28)23-11(7-13(21)25)17(30)22-10(4-5-14(26)27)16(29)24-12(8-33)18(31)32/h9-12,33H,1-8,19-20H2,(H2,21,25)(H,22,30)(H,23,28)(H,24,29)(H,26,27)(H,31,32). The van der Waals surface area contributed by atoms with Crippen molar-refractivity contribution < 1.29 is 39.0 Å². The Kier molecular flexibility index (Phi) is 14.4. The number of carbonyl (C=O) groups excluding carboxylic acids is 4. The number of carbonyl (C=O) groups is 6. The van der Waals surface area contributed by atoms with Crippen LogP contribution in [0.2, 0.25) is 0 Å². The molecule has 0 saturated heterocycles. The summed E-state index contributed by atoms with van der Waals surface area (Å²) in [5.41, 5.74) is 16.3. The number of nitrogens with two attached hydrogens (primary N) is 3. The molecule has 4 atom stereocenters. The highest BCUT2D eigenvalue weighted by Crippen LogP contribution is 2.04. The summed E-state index contributed by atoms with van der Waals surface area (Å²) >= 11 is 3.82. The fourth-order valence-electron chi connectivity index (χ4n) is 2.60. The molecule has 0 saturated carbocycles. The summed E-state index contributed by atoms with van der Waals surface area (Å²) in [7, 11) is 0. The third kappa shape index (κ3) is 12.6. The number of rotatable bonds is 17. The minimum Gasteiger partial charge on any atom is -0.481 e. The molecule has 11 N–H and O–H groups in total. The normalized spacial score (nSPS) is 14.3. The van der Waals surface area contributed by atoms with E-state index in [1.807, 2.05) is 0 Å². The summed E-state index contributed by atoms with van der Waals surface area (Å²) in [5, 5.41) is 24.6. The van der Waals surface area contributed by atoms with Gasteiger partial charge in [-0.15, -0.1) is 0 Å². The van der Waals surface area contributed by atoms with E-state index in [1.54, 1.807) is 0 Å². The SMILES string of the molecule is NCCCCC(N)C(=O)NC(CC(N)=O)C(=O)NC(CCC(=O)O)C(=O)NC(CS)C(=O)O. The molecule has 0 rings (SSSR count). The van der Waals surface area contributed by atoms with Crippen LogP contribution in [0.4, 0.5) is 0 Å². The number of amides is 4. The number of unbranched alkanes of at least 4 members (excludes halogenated alkanes) is 1. The van der Waals surface area contributed by atoms with Crippen LogP contribution in [0, 0.1) is 0 Å². The first-order chi connectivity index (χ1) is 15.4. The van der Waals surface area contributed by atoms with Crippen LogP contribution in [0.5, 0.6) is 0 Å².